The summed E-state index contributed by atoms with van der Waals surface area (Å²) in [6, 6.07) is 0. The van der Waals surface area contributed by atoms with Gasteiger partial charge in [0, 0.05) is 25.3 Å². The lowest BCUT2D eigenvalue weighted by atomic mass is 9.88. The number of carboxylic acid groups (broad SMARTS) is 1. The maximum Gasteiger partial charge on any atom is 0.337 e. The summed E-state index contributed by atoms with van der Waals surface area (Å²) in [5.41, 5.74) is 2.69. The Morgan fingerprint density at radius 1 is 1.33 bits per heavy atom. The second kappa shape index (κ2) is 9.24. The number of nitrogens with zero attached hydrogens (tertiary/aromatic N) is 2. The molecule has 0 aromatic heterocycles. The second-order valence-electron chi connectivity index (χ2n) is 9.14. The number of hydrogen-bond acceptors (Lipinski definition) is 4. The molecule has 0 saturated carbocycles. The maximum absolute atomic E-state index is 12.1. The van der Waals surface area contributed by atoms with Crippen LogP contribution < -0.4 is 0 Å². The molecule has 0 bridgehead atoms. The third-order valence-corrected chi connectivity index (χ3v) is 5.72. The van der Waals surface area contributed by atoms with Crippen LogP contribution in [0.5, 0.6) is 0 Å². The molecule has 0 aromatic carbocycles. The van der Waals surface area contributed by atoms with Crippen LogP contribution in [0, 0.1) is 11.3 Å². The van der Waals surface area contributed by atoms with E-state index in [0.717, 1.165) is 63.4 Å². The minimum absolute atomic E-state index is 0.126. The van der Waals surface area contributed by atoms with Gasteiger partial charge in [0.1, 0.15) is 6.17 Å². The van der Waals surface area contributed by atoms with Crippen molar-refractivity contribution in [2.24, 2.45) is 11.3 Å². The Morgan fingerprint density at radius 2 is 1.96 bits per heavy atom. The van der Waals surface area contributed by atoms with Crippen molar-refractivity contribution in [2.75, 3.05) is 32.8 Å². The van der Waals surface area contributed by atoms with Gasteiger partial charge >= 0.3 is 5.97 Å². The highest BCUT2D eigenvalue weighted by atomic mass is 16.5. The zero-order valence-electron chi connectivity index (χ0n) is 18.0. The zero-order chi connectivity index (χ0) is 20.2. The van der Waals surface area contributed by atoms with Crippen LogP contribution in [0.3, 0.4) is 0 Å². The van der Waals surface area contributed by atoms with Gasteiger partial charge in [0.05, 0.1) is 18.8 Å². The largest absolute Gasteiger partial charge is 0.478 e. The average Bonchev–Trinajstić information content (AvgIpc) is 2.60. The topological polar surface area (TPSA) is 53.0 Å². The molecule has 154 valence electrons. The molecule has 0 amide bonds. The molecule has 2 atom stereocenters. The molecule has 2 heterocycles. The van der Waals surface area contributed by atoms with Gasteiger partial charge in [-0.05, 0) is 49.2 Å². The Bertz CT molecular complexity index is 583. The third-order valence-electron chi connectivity index (χ3n) is 5.72. The summed E-state index contributed by atoms with van der Waals surface area (Å²) in [4.78, 5) is 16.9. The van der Waals surface area contributed by atoms with E-state index in [0.29, 0.717) is 5.57 Å². The predicted molar refractivity (Wildman–Crippen MR) is 109 cm³/mol. The van der Waals surface area contributed by atoms with Crippen LogP contribution in [0.25, 0.3) is 0 Å². The fourth-order valence-electron chi connectivity index (χ4n) is 4.06. The van der Waals surface area contributed by atoms with Crippen molar-refractivity contribution in [3.8, 4) is 0 Å². The number of hydrogen-bond donors (Lipinski definition) is 1. The van der Waals surface area contributed by atoms with E-state index in [2.05, 4.69) is 50.5 Å². The fourth-order valence-corrected chi connectivity index (χ4v) is 4.06. The van der Waals surface area contributed by atoms with E-state index < -0.39 is 5.97 Å². The van der Waals surface area contributed by atoms with E-state index in [1.54, 1.807) is 0 Å². The number of carboxylic acids is 1. The summed E-state index contributed by atoms with van der Waals surface area (Å²) in [5, 5.41) is 9.93. The smallest absolute Gasteiger partial charge is 0.337 e. The molecule has 2 aliphatic rings. The van der Waals surface area contributed by atoms with E-state index >= 15 is 0 Å². The van der Waals surface area contributed by atoms with Gasteiger partial charge in [-0.2, -0.15) is 0 Å². The van der Waals surface area contributed by atoms with Gasteiger partial charge in [0.25, 0.3) is 0 Å². The lowest BCUT2D eigenvalue weighted by Gasteiger charge is -2.46. The van der Waals surface area contributed by atoms with Gasteiger partial charge < -0.3 is 14.7 Å². The summed E-state index contributed by atoms with van der Waals surface area (Å²) in [5.74, 6) is -0.585. The van der Waals surface area contributed by atoms with Crippen molar-refractivity contribution in [3.63, 3.8) is 0 Å². The molecule has 1 saturated heterocycles. The third kappa shape index (κ3) is 5.58. The van der Waals surface area contributed by atoms with Gasteiger partial charge in [-0.15, -0.1) is 0 Å². The molecule has 27 heavy (non-hydrogen) atoms. The Labute approximate surface area is 165 Å². The van der Waals surface area contributed by atoms with Gasteiger partial charge in [-0.25, -0.2) is 4.79 Å². The first-order valence-corrected chi connectivity index (χ1v) is 10.4. The lowest BCUT2D eigenvalue weighted by Crippen LogP contribution is -2.54. The SMILES string of the molecule is CCC(C)C1=C(C(=O)O)C(C)=CC(N2CCOCC2)N1CCCC(C)(C)C. The van der Waals surface area contributed by atoms with Gasteiger partial charge in [0.2, 0.25) is 0 Å². The molecule has 2 unspecified atom stereocenters. The Kier molecular flexibility index (Phi) is 7.52. The van der Waals surface area contributed by atoms with Crippen molar-refractivity contribution in [1.82, 2.24) is 9.80 Å². The molecular weight excluding hydrogens is 340 g/mol. The number of carbonyl (C=O) groups is 1. The number of morpholine rings is 1. The zero-order valence-corrected chi connectivity index (χ0v) is 18.0. The number of rotatable bonds is 7. The summed E-state index contributed by atoms with van der Waals surface area (Å²) in [7, 11) is 0. The lowest BCUT2D eigenvalue weighted by molar-refractivity contribution is -0.132. The Morgan fingerprint density at radius 3 is 2.48 bits per heavy atom. The fraction of sp³-hybridized carbons (Fsp3) is 0.773. The van der Waals surface area contributed by atoms with E-state index in [9.17, 15) is 9.90 Å². The molecule has 5 nitrogen and oxygen atoms in total. The average molecular weight is 379 g/mol. The monoisotopic (exact) mass is 378 g/mol. The molecule has 0 radical (unpaired) electrons. The molecule has 2 aliphatic heterocycles. The highest BCUT2D eigenvalue weighted by molar-refractivity contribution is 5.93. The minimum atomic E-state index is -0.805. The van der Waals surface area contributed by atoms with Crippen molar-refractivity contribution in [3.05, 3.63) is 22.9 Å². The summed E-state index contributed by atoms with van der Waals surface area (Å²) in [6.07, 6.45) is 5.39. The van der Waals surface area contributed by atoms with Crippen LogP contribution in [-0.4, -0.2) is 59.9 Å². The van der Waals surface area contributed by atoms with Crippen molar-refractivity contribution >= 4 is 5.97 Å². The normalized spacial score (nSPS) is 23.4. The van der Waals surface area contributed by atoms with E-state index in [-0.39, 0.29) is 17.5 Å². The molecule has 0 aliphatic carbocycles. The molecule has 1 N–H and O–H groups in total. The molecule has 1 fully saturated rings. The van der Waals surface area contributed by atoms with Crippen molar-refractivity contribution in [2.45, 2.75) is 67.0 Å². The van der Waals surface area contributed by atoms with Gasteiger partial charge in [-0.1, -0.05) is 34.6 Å². The van der Waals surface area contributed by atoms with Crippen LogP contribution in [0.1, 0.15) is 60.8 Å². The highest BCUT2D eigenvalue weighted by Crippen LogP contribution is 2.35. The van der Waals surface area contributed by atoms with Crippen LogP contribution in [-0.2, 0) is 9.53 Å². The molecule has 2 rings (SSSR count). The standard InChI is InChI=1S/C22H38N2O3/c1-7-16(2)20-19(21(25)26)17(3)15-18(23-11-13-27-14-12-23)24(20)10-8-9-22(4,5)6/h15-16,18H,7-14H2,1-6H3,(H,25,26). The number of ether oxygens (including phenoxy) is 1. The maximum atomic E-state index is 12.1. The predicted octanol–water partition coefficient (Wildman–Crippen LogP) is 4.12. The van der Waals surface area contributed by atoms with Crippen LogP contribution in [0.2, 0.25) is 0 Å². The molecular formula is C22H38N2O3. The van der Waals surface area contributed by atoms with Crippen molar-refractivity contribution in [1.29, 1.82) is 0 Å². The van der Waals surface area contributed by atoms with E-state index in [4.69, 9.17) is 4.74 Å². The molecule has 0 aromatic rings. The van der Waals surface area contributed by atoms with Crippen LogP contribution in [0.15, 0.2) is 22.9 Å². The van der Waals surface area contributed by atoms with E-state index in [1.165, 1.54) is 0 Å². The van der Waals surface area contributed by atoms with Crippen molar-refractivity contribution < 1.29 is 14.6 Å². The Hall–Kier alpha value is -1.33. The van der Waals surface area contributed by atoms with Gasteiger partial charge in [-0.3, -0.25) is 4.90 Å². The Balaban J connectivity index is 2.39. The highest BCUT2D eigenvalue weighted by Gasteiger charge is 2.35. The molecule has 5 heteroatoms. The quantitative estimate of drug-likeness (QED) is 0.722. The van der Waals surface area contributed by atoms with Gasteiger partial charge in [0.15, 0.2) is 0 Å². The summed E-state index contributed by atoms with van der Waals surface area (Å²) in [6.45, 7) is 17.2. The first-order chi connectivity index (χ1) is 12.7. The second-order valence-corrected chi connectivity index (χ2v) is 9.14. The molecule has 0 spiro atoms. The first-order valence-electron chi connectivity index (χ1n) is 10.4. The first kappa shape index (κ1) is 22.0. The van der Waals surface area contributed by atoms with Crippen LogP contribution in [0.4, 0.5) is 0 Å². The summed E-state index contributed by atoms with van der Waals surface area (Å²) >= 11 is 0. The van der Waals surface area contributed by atoms with E-state index in [1.807, 2.05) is 6.92 Å². The van der Waals surface area contributed by atoms with Crippen LogP contribution >= 0.6 is 0 Å². The number of allylic oxidation sites excluding steroid dienone is 1. The minimum Gasteiger partial charge on any atom is -0.478 e. The number of aliphatic carboxylic acids is 1. The summed E-state index contributed by atoms with van der Waals surface area (Å²) < 4.78 is 5.55.